The van der Waals surface area contributed by atoms with Crippen molar-refractivity contribution in [3.05, 3.63) is 33.9 Å². The van der Waals surface area contributed by atoms with Gasteiger partial charge in [0.05, 0.1) is 5.39 Å². The Kier molecular flexibility index (Phi) is 3.38. The van der Waals surface area contributed by atoms with Crippen molar-refractivity contribution >= 4 is 22.6 Å². The van der Waals surface area contributed by atoms with Crippen molar-refractivity contribution < 1.29 is 19.0 Å². The third kappa shape index (κ3) is 2.24. The number of benzene rings is 1. The van der Waals surface area contributed by atoms with E-state index in [-0.39, 0.29) is 12.1 Å². The lowest BCUT2D eigenvalue weighted by atomic mass is 10.1. The van der Waals surface area contributed by atoms with E-state index in [2.05, 4.69) is 6.92 Å². The summed E-state index contributed by atoms with van der Waals surface area (Å²) in [5.74, 6) is -1.15. The molecule has 3 heterocycles. The molecule has 1 aromatic heterocycles. The monoisotopic (exact) mass is 347 g/mol. The van der Waals surface area contributed by atoms with Crippen molar-refractivity contribution in [1.82, 2.24) is 4.68 Å². The molecule has 1 atom stereocenters. The van der Waals surface area contributed by atoms with Gasteiger partial charge in [-0.25, -0.2) is 9.18 Å². The smallest absolute Gasteiger partial charge is 0.341 e. The largest absolute Gasteiger partial charge is 0.477 e. The molecule has 1 fully saturated rings. The van der Waals surface area contributed by atoms with Crippen molar-refractivity contribution in [3.8, 4) is 5.75 Å². The quantitative estimate of drug-likeness (QED) is 0.889. The van der Waals surface area contributed by atoms with Crippen LogP contribution in [0.3, 0.4) is 0 Å². The van der Waals surface area contributed by atoms with Crippen LogP contribution in [0.25, 0.3) is 10.9 Å². The minimum absolute atomic E-state index is 0.00921. The molecule has 0 bridgehead atoms. The molecule has 2 aromatic rings. The molecule has 2 aliphatic rings. The number of rotatable bonds is 2. The number of carboxylic acids is 1. The first kappa shape index (κ1) is 15.7. The minimum atomic E-state index is -1.34. The van der Waals surface area contributed by atoms with Gasteiger partial charge < -0.3 is 14.7 Å². The van der Waals surface area contributed by atoms with Crippen LogP contribution in [0.4, 0.5) is 10.1 Å². The second-order valence-corrected chi connectivity index (χ2v) is 6.72. The number of pyridine rings is 1. The van der Waals surface area contributed by atoms with E-state index in [4.69, 9.17) is 4.74 Å². The maximum atomic E-state index is 14.9. The van der Waals surface area contributed by atoms with E-state index in [1.54, 1.807) is 16.7 Å². The fourth-order valence-electron chi connectivity index (χ4n) is 3.61. The Balaban J connectivity index is 2.07. The standard InChI is InChI=1S/C17H18FN3O4/c1-9-3-4-20(6-9)14-12(18)5-10-13-16(14)25-8-19(2)21(13)7-11(15(10)22)17(23)24/h5,7,9H,3-4,6,8H2,1-2H3,(H,23,24)/t9-/m1/s1. The zero-order chi connectivity index (χ0) is 17.9. The Labute approximate surface area is 142 Å². The highest BCUT2D eigenvalue weighted by molar-refractivity contribution is 5.97. The molecule has 0 radical (unpaired) electrons. The second-order valence-electron chi connectivity index (χ2n) is 6.72. The van der Waals surface area contributed by atoms with E-state index in [9.17, 15) is 19.1 Å². The summed E-state index contributed by atoms with van der Waals surface area (Å²) in [5.41, 5.74) is -0.353. The average molecular weight is 347 g/mol. The maximum absolute atomic E-state index is 14.9. The summed E-state index contributed by atoms with van der Waals surface area (Å²) in [7, 11) is 1.71. The van der Waals surface area contributed by atoms with Gasteiger partial charge >= 0.3 is 5.97 Å². The van der Waals surface area contributed by atoms with Crippen molar-refractivity contribution in [2.24, 2.45) is 5.92 Å². The minimum Gasteiger partial charge on any atom is -0.477 e. The van der Waals surface area contributed by atoms with Crippen molar-refractivity contribution in [2.45, 2.75) is 13.3 Å². The highest BCUT2D eigenvalue weighted by atomic mass is 19.1. The normalized spacial score (nSPS) is 19.4. The zero-order valence-electron chi connectivity index (χ0n) is 14.0. The van der Waals surface area contributed by atoms with E-state index in [1.807, 2.05) is 4.90 Å². The number of hydrogen-bond acceptors (Lipinski definition) is 5. The summed E-state index contributed by atoms with van der Waals surface area (Å²) in [6, 6.07) is 1.13. The number of aromatic nitrogens is 1. The van der Waals surface area contributed by atoms with Gasteiger partial charge in [0.1, 0.15) is 16.8 Å². The lowest BCUT2D eigenvalue weighted by Crippen LogP contribution is -2.40. The molecule has 25 heavy (non-hydrogen) atoms. The molecule has 2 aliphatic heterocycles. The van der Waals surface area contributed by atoms with Crippen LogP contribution in [0.15, 0.2) is 17.1 Å². The number of carboxylic acid groups (broad SMARTS) is 1. The molecule has 4 rings (SSSR count). The summed E-state index contributed by atoms with van der Waals surface area (Å²) in [6.07, 6.45) is 2.23. The molecule has 0 aliphatic carbocycles. The molecule has 0 saturated carbocycles. The van der Waals surface area contributed by atoms with Gasteiger partial charge in [-0.2, -0.15) is 0 Å². The van der Waals surface area contributed by atoms with Gasteiger partial charge in [0, 0.05) is 26.3 Å². The number of halogens is 1. The number of carbonyl (C=O) groups is 1. The molecular weight excluding hydrogens is 329 g/mol. The SMILES string of the molecule is C[C@@H]1CCN(c2c(F)cc3c(=O)c(C(=O)O)cn4c3c2OCN4C)C1. The van der Waals surface area contributed by atoms with Crippen molar-refractivity contribution in [2.75, 3.05) is 36.8 Å². The van der Waals surface area contributed by atoms with E-state index < -0.39 is 22.8 Å². The second kappa shape index (κ2) is 5.37. The lowest BCUT2D eigenvalue weighted by Gasteiger charge is -2.33. The first-order valence-corrected chi connectivity index (χ1v) is 8.12. The molecule has 7 nitrogen and oxygen atoms in total. The average Bonchev–Trinajstić information content (AvgIpc) is 2.98. The van der Waals surface area contributed by atoms with E-state index >= 15 is 0 Å². The molecule has 0 unspecified atom stereocenters. The van der Waals surface area contributed by atoms with Crippen LogP contribution in [0, 0.1) is 11.7 Å². The molecule has 0 amide bonds. The molecule has 8 heteroatoms. The topological polar surface area (TPSA) is 75.0 Å². The fraction of sp³-hybridized carbons (Fsp3) is 0.412. The third-order valence-electron chi connectivity index (χ3n) is 4.89. The Morgan fingerprint density at radius 3 is 2.84 bits per heavy atom. The highest BCUT2D eigenvalue weighted by Crippen LogP contribution is 2.41. The van der Waals surface area contributed by atoms with Crippen LogP contribution in [-0.2, 0) is 0 Å². The lowest BCUT2D eigenvalue weighted by molar-refractivity contribution is 0.0694. The summed E-state index contributed by atoms with van der Waals surface area (Å²) in [6.45, 7) is 3.66. The van der Waals surface area contributed by atoms with Crippen LogP contribution < -0.4 is 20.1 Å². The predicted molar refractivity (Wildman–Crippen MR) is 90.8 cm³/mol. The van der Waals surface area contributed by atoms with Crippen LogP contribution in [0.2, 0.25) is 0 Å². The number of hydrogen-bond donors (Lipinski definition) is 1. The number of aromatic carboxylic acids is 1. The Bertz CT molecular complexity index is 955. The first-order valence-electron chi connectivity index (χ1n) is 8.12. The van der Waals surface area contributed by atoms with Gasteiger partial charge in [-0.15, -0.1) is 0 Å². The molecule has 1 N–H and O–H groups in total. The van der Waals surface area contributed by atoms with Crippen molar-refractivity contribution in [3.63, 3.8) is 0 Å². The number of ether oxygens (including phenoxy) is 1. The van der Waals surface area contributed by atoms with Crippen LogP contribution in [0.1, 0.15) is 23.7 Å². The van der Waals surface area contributed by atoms with Crippen LogP contribution in [0.5, 0.6) is 5.75 Å². The fourth-order valence-corrected chi connectivity index (χ4v) is 3.61. The summed E-state index contributed by atoms with van der Waals surface area (Å²) >= 11 is 0. The zero-order valence-corrected chi connectivity index (χ0v) is 14.0. The van der Waals surface area contributed by atoms with Gasteiger partial charge in [-0.1, -0.05) is 6.92 Å². The Morgan fingerprint density at radius 2 is 2.20 bits per heavy atom. The summed E-state index contributed by atoms with van der Waals surface area (Å²) in [5, 5.41) is 10.9. The molecule has 1 saturated heterocycles. The number of nitrogens with zero attached hydrogens (tertiary/aromatic N) is 3. The molecular formula is C17H18FN3O4. The Morgan fingerprint density at radius 1 is 1.44 bits per heavy atom. The highest BCUT2D eigenvalue weighted by Gasteiger charge is 2.31. The molecule has 132 valence electrons. The van der Waals surface area contributed by atoms with E-state index in [0.29, 0.717) is 36.0 Å². The van der Waals surface area contributed by atoms with Gasteiger partial charge in [0.15, 0.2) is 18.3 Å². The first-order chi connectivity index (χ1) is 11.9. The van der Waals surface area contributed by atoms with Gasteiger partial charge in [0.2, 0.25) is 5.43 Å². The van der Waals surface area contributed by atoms with Gasteiger partial charge in [-0.3, -0.25) is 14.5 Å². The maximum Gasteiger partial charge on any atom is 0.341 e. The van der Waals surface area contributed by atoms with E-state index in [0.717, 1.165) is 12.5 Å². The van der Waals surface area contributed by atoms with Crippen molar-refractivity contribution in [1.29, 1.82) is 0 Å². The van der Waals surface area contributed by atoms with Crippen LogP contribution >= 0.6 is 0 Å². The molecule has 1 aromatic carbocycles. The summed E-state index contributed by atoms with van der Waals surface area (Å²) < 4.78 is 22.2. The molecule has 0 spiro atoms. The predicted octanol–water partition coefficient (Wildman–Crippen LogP) is 1.60. The van der Waals surface area contributed by atoms with E-state index in [1.165, 1.54) is 6.20 Å². The van der Waals surface area contributed by atoms with Gasteiger partial charge in [0.25, 0.3) is 0 Å². The van der Waals surface area contributed by atoms with Gasteiger partial charge in [-0.05, 0) is 18.4 Å². The Hall–Kier alpha value is -2.77. The summed E-state index contributed by atoms with van der Waals surface area (Å²) in [4.78, 5) is 25.8. The third-order valence-corrected chi connectivity index (χ3v) is 4.89. The van der Waals surface area contributed by atoms with Crippen LogP contribution in [-0.4, -0.2) is 42.6 Å². The number of anilines is 1.